The lowest BCUT2D eigenvalue weighted by Crippen LogP contribution is -2.10. The van der Waals surface area contributed by atoms with Gasteiger partial charge in [0.1, 0.15) is 5.52 Å². The van der Waals surface area contributed by atoms with Gasteiger partial charge in [0.25, 0.3) is 0 Å². The monoisotopic (exact) mass is 294 g/mol. The molecule has 0 atom stereocenters. The van der Waals surface area contributed by atoms with Crippen molar-refractivity contribution in [3.05, 3.63) is 36.5 Å². The van der Waals surface area contributed by atoms with E-state index in [2.05, 4.69) is 24.8 Å². The highest BCUT2D eigenvalue weighted by atomic mass is 15.3. The van der Waals surface area contributed by atoms with Crippen LogP contribution in [0.1, 0.15) is 31.7 Å². The lowest BCUT2D eigenvalue weighted by Gasteiger charge is -2.16. The minimum atomic E-state index is 0.290. The molecule has 112 valence electrons. The number of nitrogen functional groups attached to an aromatic ring is 1. The smallest absolute Gasteiger partial charge is 0.222 e. The molecular weight excluding hydrogens is 276 g/mol. The Morgan fingerprint density at radius 3 is 2.64 bits per heavy atom. The quantitative estimate of drug-likeness (QED) is 0.774. The summed E-state index contributed by atoms with van der Waals surface area (Å²) in [4.78, 5) is 13.1. The Hall–Kier alpha value is -2.63. The molecule has 0 aliphatic heterocycles. The second-order valence-electron chi connectivity index (χ2n) is 5.67. The third-order valence-corrected chi connectivity index (χ3v) is 4.17. The number of nitrogens with one attached hydrogen (secondary N) is 1. The highest BCUT2D eigenvalue weighted by molar-refractivity contribution is 5.76. The van der Waals surface area contributed by atoms with Gasteiger partial charge in [0.2, 0.25) is 11.9 Å². The van der Waals surface area contributed by atoms with Crippen LogP contribution in [0.2, 0.25) is 0 Å². The zero-order chi connectivity index (χ0) is 14.9. The third-order valence-electron chi connectivity index (χ3n) is 4.17. The van der Waals surface area contributed by atoms with Gasteiger partial charge in [-0.15, -0.1) is 0 Å². The number of hydrogen-bond donors (Lipinski definition) is 2. The zero-order valence-electron chi connectivity index (χ0n) is 12.2. The number of benzene rings is 1. The Morgan fingerprint density at radius 1 is 1.09 bits per heavy atom. The molecule has 6 heteroatoms. The normalized spacial score (nSPS) is 15.5. The lowest BCUT2D eigenvalue weighted by molar-refractivity contribution is 0.535. The average Bonchev–Trinajstić information content (AvgIpc) is 3.15. The van der Waals surface area contributed by atoms with E-state index in [4.69, 9.17) is 5.73 Å². The maximum Gasteiger partial charge on any atom is 0.222 e. The van der Waals surface area contributed by atoms with Gasteiger partial charge in [0, 0.05) is 11.7 Å². The summed E-state index contributed by atoms with van der Waals surface area (Å²) in [5.74, 6) is 1.10. The van der Waals surface area contributed by atoms with Gasteiger partial charge in [0.15, 0.2) is 5.65 Å². The first-order valence-corrected chi connectivity index (χ1v) is 7.64. The molecule has 3 N–H and O–H groups in total. The van der Waals surface area contributed by atoms with Crippen molar-refractivity contribution in [2.45, 2.75) is 31.7 Å². The fourth-order valence-corrected chi connectivity index (χ4v) is 3.15. The van der Waals surface area contributed by atoms with Gasteiger partial charge in [-0.2, -0.15) is 4.98 Å². The van der Waals surface area contributed by atoms with Gasteiger partial charge < -0.3 is 11.1 Å². The molecular formula is C16H18N6. The molecule has 22 heavy (non-hydrogen) atoms. The number of imidazole rings is 1. The van der Waals surface area contributed by atoms with Crippen LogP contribution in [0.25, 0.3) is 11.2 Å². The molecule has 1 aliphatic rings. The zero-order valence-corrected chi connectivity index (χ0v) is 12.2. The number of para-hydroxylation sites is 1. The Bertz CT molecular complexity index is 789. The van der Waals surface area contributed by atoms with Gasteiger partial charge >= 0.3 is 0 Å². The number of rotatable bonds is 3. The van der Waals surface area contributed by atoms with Gasteiger partial charge in [-0.1, -0.05) is 31.0 Å². The topological polar surface area (TPSA) is 81.6 Å². The van der Waals surface area contributed by atoms with Crippen molar-refractivity contribution in [3.8, 4) is 0 Å². The Balaban J connectivity index is 1.83. The van der Waals surface area contributed by atoms with Crippen molar-refractivity contribution < 1.29 is 0 Å². The Labute approximate surface area is 128 Å². The van der Waals surface area contributed by atoms with Gasteiger partial charge in [0.05, 0.1) is 6.20 Å². The van der Waals surface area contributed by atoms with E-state index in [0.29, 0.717) is 6.04 Å². The van der Waals surface area contributed by atoms with E-state index in [0.717, 1.165) is 35.6 Å². The molecule has 0 amide bonds. The van der Waals surface area contributed by atoms with Crippen LogP contribution >= 0.6 is 0 Å². The van der Waals surface area contributed by atoms with Crippen LogP contribution in [0, 0.1) is 0 Å². The highest BCUT2D eigenvalue weighted by Gasteiger charge is 2.23. The van der Waals surface area contributed by atoms with Crippen molar-refractivity contribution >= 4 is 28.7 Å². The van der Waals surface area contributed by atoms with Crippen LogP contribution in [0.4, 0.5) is 17.6 Å². The minimum Gasteiger partial charge on any atom is -0.368 e. The van der Waals surface area contributed by atoms with Crippen LogP contribution in [-0.2, 0) is 0 Å². The first-order chi connectivity index (χ1) is 10.8. The summed E-state index contributed by atoms with van der Waals surface area (Å²) in [5.41, 5.74) is 8.38. The SMILES string of the molecule is Nc1ncc2nc(Nc3ccccc3)n(C3CCCC3)c2n1. The van der Waals surface area contributed by atoms with E-state index in [-0.39, 0.29) is 5.95 Å². The first-order valence-electron chi connectivity index (χ1n) is 7.64. The number of nitrogens with zero attached hydrogens (tertiary/aromatic N) is 4. The number of hydrogen-bond acceptors (Lipinski definition) is 5. The van der Waals surface area contributed by atoms with E-state index in [1.165, 1.54) is 12.8 Å². The van der Waals surface area contributed by atoms with Crippen LogP contribution in [0.15, 0.2) is 36.5 Å². The molecule has 2 aromatic heterocycles. The predicted octanol–water partition coefficient (Wildman–Crippen LogP) is 3.27. The van der Waals surface area contributed by atoms with E-state index in [1.807, 2.05) is 30.3 Å². The standard InChI is InChI=1S/C16H18N6/c17-15-18-10-13-14(21-15)22(12-8-4-5-9-12)16(20-13)19-11-6-2-1-3-7-11/h1-3,6-7,10,12H,4-5,8-9H2,(H,19,20)(H2,17,18,21). The van der Waals surface area contributed by atoms with E-state index < -0.39 is 0 Å². The molecule has 0 bridgehead atoms. The second-order valence-corrected chi connectivity index (χ2v) is 5.67. The molecule has 0 unspecified atom stereocenters. The average molecular weight is 294 g/mol. The van der Waals surface area contributed by atoms with Crippen molar-refractivity contribution in [2.75, 3.05) is 11.1 Å². The highest BCUT2D eigenvalue weighted by Crippen LogP contribution is 2.35. The largest absolute Gasteiger partial charge is 0.368 e. The van der Waals surface area contributed by atoms with Crippen molar-refractivity contribution in [3.63, 3.8) is 0 Å². The molecule has 6 nitrogen and oxygen atoms in total. The first kappa shape index (κ1) is 13.1. The summed E-state index contributed by atoms with van der Waals surface area (Å²) in [6.07, 6.45) is 6.49. The van der Waals surface area contributed by atoms with Crippen molar-refractivity contribution in [1.29, 1.82) is 0 Å². The molecule has 1 saturated carbocycles. The summed E-state index contributed by atoms with van der Waals surface area (Å²) < 4.78 is 2.19. The third kappa shape index (κ3) is 2.26. The molecule has 0 spiro atoms. The molecule has 4 rings (SSSR count). The summed E-state index contributed by atoms with van der Waals surface area (Å²) in [6, 6.07) is 10.5. The minimum absolute atomic E-state index is 0.290. The maximum atomic E-state index is 5.77. The fourth-order valence-electron chi connectivity index (χ4n) is 3.15. The van der Waals surface area contributed by atoms with E-state index >= 15 is 0 Å². The summed E-state index contributed by atoms with van der Waals surface area (Å²) >= 11 is 0. The lowest BCUT2D eigenvalue weighted by atomic mass is 10.2. The van der Waals surface area contributed by atoms with Crippen LogP contribution < -0.4 is 11.1 Å². The molecule has 1 aromatic carbocycles. The van der Waals surface area contributed by atoms with Gasteiger partial charge in [-0.3, -0.25) is 4.57 Å². The summed E-state index contributed by atoms with van der Waals surface area (Å²) in [7, 11) is 0. The maximum absolute atomic E-state index is 5.77. The van der Waals surface area contributed by atoms with Crippen LogP contribution in [0.3, 0.4) is 0 Å². The molecule has 0 radical (unpaired) electrons. The fraction of sp³-hybridized carbons (Fsp3) is 0.312. The molecule has 1 fully saturated rings. The number of fused-ring (bicyclic) bond motifs is 1. The summed E-state index contributed by atoms with van der Waals surface area (Å²) in [6.45, 7) is 0. The number of anilines is 3. The van der Waals surface area contributed by atoms with Crippen LogP contribution in [0.5, 0.6) is 0 Å². The number of aromatic nitrogens is 4. The second kappa shape index (κ2) is 5.29. The Kier molecular flexibility index (Phi) is 3.14. The molecule has 3 aromatic rings. The van der Waals surface area contributed by atoms with Crippen molar-refractivity contribution in [2.24, 2.45) is 0 Å². The van der Waals surface area contributed by atoms with E-state index in [9.17, 15) is 0 Å². The molecule has 2 heterocycles. The van der Waals surface area contributed by atoms with Crippen LogP contribution in [-0.4, -0.2) is 19.5 Å². The van der Waals surface area contributed by atoms with Gasteiger partial charge in [-0.25, -0.2) is 9.97 Å². The van der Waals surface area contributed by atoms with E-state index in [1.54, 1.807) is 6.20 Å². The van der Waals surface area contributed by atoms with Crippen molar-refractivity contribution in [1.82, 2.24) is 19.5 Å². The Morgan fingerprint density at radius 2 is 1.86 bits per heavy atom. The molecule has 0 saturated heterocycles. The number of nitrogens with two attached hydrogens (primary N) is 1. The predicted molar refractivity (Wildman–Crippen MR) is 87.0 cm³/mol. The molecule has 1 aliphatic carbocycles. The summed E-state index contributed by atoms with van der Waals surface area (Å²) in [5, 5.41) is 3.40. The van der Waals surface area contributed by atoms with Gasteiger partial charge in [-0.05, 0) is 25.0 Å².